The van der Waals surface area contributed by atoms with E-state index in [4.69, 9.17) is 4.74 Å². The highest BCUT2D eigenvalue weighted by Gasteiger charge is 2.13. The first-order valence-corrected chi connectivity index (χ1v) is 6.91. The van der Waals surface area contributed by atoms with Crippen LogP contribution >= 0.6 is 11.3 Å². The average molecular weight is 279 g/mol. The minimum atomic E-state index is -0.0523. The topological polar surface area (TPSA) is 67.3 Å². The van der Waals surface area contributed by atoms with Crippen LogP contribution in [0.25, 0.3) is 0 Å². The van der Waals surface area contributed by atoms with Crippen molar-refractivity contribution in [1.29, 1.82) is 0 Å². The number of rotatable bonds is 5. The third-order valence-corrected chi connectivity index (χ3v) is 3.81. The lowest BCUT2D eigenvalue weighted by Crippen LogP contribution is -2.06. The molecule has 2 rings (SSSR count). The molecule has 0 saturated carbocycles. The van der Waals surface area contributed by atoms with Crippen LogP contribution in [0.1, 0.15) is 30.5 Å². The second kappa shape index (κ2) is 5.88. The predicted molar refractivity (Wildman–Crippen MR) is 76.0 cm³/mol. The number of nitrogens with one attached hydrogen (secondary N) is 1. The van der Waals surface area contributed by atoms with Gasteiger partial charge < -0.3 is 15.2 Å². The van der Waals surface area contributed by atoms with Crippen LogP contribution in [0, 0.1) is 0 Å². The van der Waals surface area contributed by atoms with Crippen molar-refractivity contribution in [1.82, 2.24) is 10.2 Å². The Bertz CT molecular complexity index is 557. The van der Waals surface area contributed by atoms with Gasteiger partial charge in [0.1, 0.15) is 16.5 Å². The molecule has 6 heteroatoms. The number of phenolic OH excluding ortho intramolecular Hbond substituents is 1. The summed E-state index contributed by atoms with van der Waals surface area (Å²) in [5.41, 5.74) is 0.800. The van der Waals surface area contributed by atoms with Crippen LogP contribution in [-0.2, 0) is 6.42 Å². The molecule has 0 aliphatic carbocycles. The second-order valence-corrected chi connectivity index (χ2v) is 5.21. The lowest BCUT2D eigenvalue weighted by Gasteiger charge is -2.15. The van der Waals surface area contributed by atoms with E-state index in [0.717, 1.165) is 22.1 Å². The Labute approximate surface area is 116 Å². The maximum Gasteiger partial charge on any atom is 0.206 e. The van der Waals surface area contributed by atoms with Crippen LogP contribution < -0.4 is 10.1 Å². The molecule has 1 unspecified atom stereocenters. The molecule has 0 saturated heterocycles. The fourth-order valence-electron chi connectivity index (χ4n) is 1.73. The molecular weight excluding hydrogens is 262 g/mol. The summed E-state index contributed by atoms with van der Waals surface area (Å²) in [7, 11) is 1.57. The molecule has 0 spiro atoms. The minimum absolute atomic E-state index is 0.0523. The molecule has 1 aromatic carbocycles. The maximum atomic E-state index is 9.97. The van der Waals surface area contributed by atoms with Crippen molar-refractivity contribution in [2.24, 2.45) is 0 Å². The van der Waals surface area contributed by atoms with Gasteiger partial charge in [0, 0.05) is 11.6 Å². The van der Waals surface area contributed by atoms with E-state index in [1.54, 1.807) is 13.2 Å². The molecule has 0 amide bonds. The summed E-state index contributed by atoms with van der Waals surface area (Å²) in [6.07, 6.45) is 0.877. The zero-order valence-corrected chi connectivity index (χ0v) is 12.0. The number of ether oxygens (including phenoxy) is 1. The molecule has 0 fully saturated rings. The van der Waals surface area contributed by atoms with Crippen LogP contribution in [0.3, 0.4) is 0 Å². The van der Waals surface area contributed by atoms with E-state index in [2.05, 4.69) is 15.5 Å². The van der Waals surface area contributed by atoms with E-state index in [9.17, 15) is 5.11 Å². The van der Waals surface area contributed by atoms with Gasteiger partial charge in [-0.3, -0.25) is 0 Å². The molecule has 1 aromatic heterocycles. The summed E-state index contributed by atoms with van der Waals surface area (Å²) in [5.74, 6) is 0.845. The van der Waals surface area contributed by atoms with Crippen molar-refractivity contribution in [2.45, 2.75) is 26.3 Å². The fourth-order valence-corrected chi connectivity index (χ4v) is 2.50. The van der Waals surface area contributed by atoms with Crippen molar-refractivity contribution in [2.75, 3.05) is 12.4 Å². The van der Waals surface area contributed by atoms with E-state index < -0.39 is 0 Å². The Morgan fingerprint density at radius 1 is 1.42 bits per heavy atom. The van der Waals surface area contributed by atoms with E-state index in [-0.39, 0.29) is 11.8 Å². The molecule has 0 radical (unpaired) electrons. The lowest BCUT2D eigenvalue weighted by atomic mass is 10.1. The fraction of sp³-hybridized carbons (Fsp3) is 0.385. The molecule has 1 atom stereocenters. The molecule has 0 bridgehead atoms. The molecule has 19 heavy (non-hydrogen) atoms. The van der Waals surface area contributed by atoms with Gasteiger partial charge in [-0.2, -0.15) is 0 Å². The summed E-state index contributed by atoms with van der Waals surface area (Å²) < 4.78 is 5.07. The number of aryl methyl sites for hydroxylation is 1. The summed E-state index contributed by atoms with van der Waals surface area (Å²) in [4.78, 5) is 0. The van der Waals surface area contributed by atoms with Gasteiger partial charge in [-0.05, 0) is 25.5 Å². The van der Waals surface area contributed by atoms with Gasteiger partial charge >= 0.3 is 0 Å². The lowest BCUT2D eigenvalue weighted by molar-refractivity contribution is 0.406. The zero-order chi connectivity index (χ0) is 13.8. The minimum Gasteiger partial charge on any atom is -0.507 e. The SMILES string of the molecule is CCc1nnc(NC(C)c2ccc(OC)cc2O)s1. The number of anilines is 1. The van der Waals surface area contributed by atoms with Gasteiger partial charge in [0.15, 0.2) is 0 Å². The number of nitrogens with zero attached hydrogens (tertiary/aromatic N) is 2. The first-order chi connectivity index (χ1) is 9.13. The molecule has 0 aliphatic heterocycles. The Kier molecular flexibility index (Phi) is 4.21. The predicted octanol–water partition coefficient (Wildman–Crippen LogP) is 2.99. The van der Waals surface area contributed by atoms with Crippen LogP contribution in [0.2, 0.25) is 0 Å². The zero-order valence-electron chi connectivity index (χ0n) is 11.2. The van der Waals surface area contributed by atoms with Crippen LogP contribution in [-0.4, -0.2) is 22.4 Å². The largest absolute Gasteiger partial charge is 0.507 e. The van der Waals surface area contributed by atoms with Crippen LogP contribution in [0.5, 0.6) is 11.5 Å². The second-order valence-electron chi connectivity index (χ2n) is 4.15. The first-order valence-electron chi connectivity index (χ1n) is 6.09. The van der Waals surface area contributed by atoms with Gasteiger partial charge in [-0.25, -0.2) is 0 Å². The van der Waals surface area contributed by atoms with Gasteiger partial charge in [0.25, 0.3) is 0 Å². The Morgan fingerprint density at radius 2 is 2.21 bits per heavy atom. The third kappa shape index (κ3) is 3.14. The van der Waals surface area contributed by atoms with Crippen molar-refractivity contribution in [3.63, 3.8) is 0 Å². The Hall–Kier alpha value is -1.82. The van der Waals surface area contributed by atoms with Gasteiger partial charge in [-0.1, -0.05) is 18.3 Å². The number of hydrogen-bond acceptors (Lipinski definition) is 6. The first kappa shape index (κ1) is 13.6. The monoisotopic (exact) mass is 279 g/mol. The Balaban J connectivity index is 2.13. The molecule has 2 aromatic rings. The normalized spacial score (nSPS) is 12.2. The van der Waals surface area contributed by atoms with Gasteiger partial charge in [0.05, 0.1) is 13.2 Å². The van der Waals surface area contributed by atoms with Crippen molar-refractivity contribution >= 4 is 16.5 Å². The number of aromatic hydroxyl groups is 1. The summed E-state index contributed by atoms with van der Waals surface area (Å²) in [6.45, 7) is 4.01. The summed E-state index contributed by atoms with van der Waals surface area (Å²) in [6, 6.07) is 5.22. The quantitative estimate of drug-likeness (QED) is 0.880. The number of phenols is 1. The average Bonchev–Trinajstić information content (AvgIpc) is 2.86. The summed E-state index contributed by atoms with van der Waals surface area (Å²) >= 11 is 1.53. The highest BCUT2D eigenvalue weighted by molar-refractivity contribution is 7.15. The molecule has 0 aliphatic rings. The Morgan fingerprint density at radius 3 is 2.79 bits per heavy atom. The molecular formula is C13H17N3O2S. The maximum absolute atomic E-state index is 9.97. The summed E-state index contributed by atoms with van der Waals surface area (Å²) in [5, 5.41) is 23.1. The molecule has 102 valence electrons. The van der Waals surface area contributed by atoms with Crippen molar-refractivity contribution in [3.05, 3.63) is 28.8 Å². The van der Waals surface area contributed by atoms with E-state index in [0.29, 0.717) is 5.75 Å². The van der Waals surface area contributed by atoms with E-state index in [1.807, 2.05) is 26.0 Å². The highest BCUT2D eigenvalue weighted by Crippen LogP contribution is 2.31. The van der Waals surface area contributed by atoms with Gasteiger partial charge in [0.2, 0.25) is 5.13 Å². The van der Waals surface area contributed by atoms with Crippen molar-refractivity contribution < 1.29 is 9.84 Å². The smallest absolute Gasteiger partial charge is 0.206 e. The van der Waals surface area contributed by atoms with E-state index in [1.165, 1.54) is 11.3 Å². The van der Waals surface area contributed by atoms with Gasteiger partial charge in [-0.15, -0.1) is 10.2 Å². The highest BCUT2D eigenvalue weighted by atomic mass is 32.1. The number of methoxy groups -OCH3 is 1. The number of aromatic nitrogens is 2. The molecule has 1 heterocycles. The standard InChI is InChI=1S/C13H17N3O2S/c1-4-12-15-16-13(19-12)14-8(2)10-6-5-9(18-3)7-11(10)17/h5-8,17H,4H2,1-3H3,(H,14,16). The number of benzene rings is 1. The molecule has 5 nitrogen and oxygen atoms in total. The van der Waals surface area contributed by atoms with Crippen molar-refractivity contribution in [3.8, 4) is 11.5 Å². The third-order valence-electron chi connectivity index (χ3n) is 2.81. The van der Waals surface area contributed by atoms with Crippen LogP contribution in [0.4, 0.5) is 5.13 Å². The van der Waals surface area contributed by atoms with E-state index >= 15 is 0 Å². The molecule has 2 N–H and O–H groups in total. The number of hydrogen-bond donors (Lipinski definition) is 2. The van der Waals surface area contributed by atoms with Crippen LogP contribution in [0.15, 0.2) is 18.2 Å².